The molecule has 0 unspecified atom stereocenters. The number of amides is 1. The summed E-state index contributed by atoms with van der Waals surface area (Å²) < 4.78 is 0. The SMILES string of the molecule is CCCN(CCC)C(=O)CNc1cccc(Cl)c1. The normalized spacial score (nSPS) is 10.2. The highest BCUT2D eigenvalue weighted by molar-refractivity contribution is 6.30. The molecule has 18 heavy (non-hydrogen) atoms. The molecule has 0 saturated carbocycles. The number of halogens is 1. The fourth-order valence-corrected chi connectivity index (χ4v) is 1.98. The van der Waals surface area contributed by atoms with E-state index in [2.05, 4.69) is 19.2 Å². The molecule has 0 saturated heterocycles. The first kappa shape index (κ1) is 14.8. The molecule has 1 amide bonds. The van der Waals surface area contributed by atoms with Crippen LogP contribution >= 0.6 is 11.6 Å². The Bertz CT molecular complexity index is 376. The van der Waals surface area contributed by atoms with Crippen LogP contribution in [-0.2, 0) is 4.79 Å². The van der Waals surface area contributed by atoms with Gasteiger partial charge in [-0.15, -0.1) is 0 Å². The molecule has 0 bridgehead atoms. The van der Waals surface area contributed by atoms with Crippen molar-refractivity contribution in [1.29, 1.82) is 0 Å². The number of rotatable bonds is 7. The lowest BCUT2D eigenvalue weighted by molar-refractivity contribution is -0.129. The predicted octanol–water partition coefficient (Wildman–Crippen LogP) is 3.40. The fraction of sp³-hybridized carbons (Fsp3) is 0.500. The molecule has 3 nitrogen and oxygen atoms in total. The topological polar surface area (TPSA) is 32.3 Å². The maximum absolute atomic E-state index is 12.0. The molecule has 0 heterocycles. The van der Waals surface area contributed by atoms with Crippen LogP contribution in [0.15, 0.2) is 24.3 Å². The first-order valence-corrected chi connectivity index (χ1v) is 6.82. The lowest BCUT2D eigenvalue weighted by Crippen LogP contribution is -2.36. The van der Waals surface area contributed by atoms with E-state index in [1.807, 2.05) is 29.2 Å². The van der Waals surface area contributed by atoms with E-state index in [4.69, 9.17) is 11.6 Å². The third kappa shape index (κ3) is 4.96. The molecule has 1 N–H and O–H groups in total. The van der Waals surface area contributed by atoms with Crippen molar-refractivity contribution in [2.75, 3.05) is 25.0 Å². The number of anilines is 1. The van der Waals surface area contributed by atoms with E-state index in [0.717, 1.165) is 31.6 Å². The van der Waals surface area contributed by atoms with Gasteiger partial charge in [0.05, 0.1) is 6.54 Å². The Kier molecular flexibility index (Phi) is 6.58. The highest BCUT2D eigenvalue weighted by Gasteiger charge is 2.10. The van der Waals surface area contributed by atoms with Crippen molar-refractivity contribution in [3.05, 3.63) is 29.3 Å². The van der Waals surface area contributed by atoms with Gasteiger partial charge in [-0.05, 0) is 31.0 Å². The second kappa shape index (κ2) is 7.98. The molecular formula is C14H21ClN2O. The van der Waals surface area contributed by atoms with E-state index < -0.39 is 0 Å². The number of carbonyl (C=O) groups is 1. The van der Waals surface area contributed by atoms with Crippen LogP contribution in [0.2, 0.25) is 5.02 Å². The summed E-state index contributed by atoms with van der Waals surface area (Å²) in [4.78, 5) is 13.9. The fourth-order valence-electron chi connectivity index (χ4n) is 1.79. The Labute approximate surface area is 114 Å². The lowest BCUT2D eigenvalue weighted by Gasteiger charge is -2.21. The molecular weight excluding hydrogens is 248 g/mol. The van der Waals surface area contributed by atoms with Crippen molar-refractivity contribution < 1.29 is 4.79 Å². The number of nitrogens with one attached hydrogen (secondary N) is 1. The molecule has 0 aliphatic carbocycles. The van der Waals surface area contributed by atoms with Gasteiger partial charge < -0.3 is 10.2 Å². The van der Waals surface area contributed by atoms with Gasteiger partial charge in [-0.2, -0.15) is 0 Å². The average molecular weight is 269 g/mol. The monoisotopic (exact) mass is 268 g/mol. The Morgan fingerprint density at radius 2 is 1.94 bits per heavy atom. The van der Waals surface area contributed by atoms with Crippen LogP contribution in [0.25, 0.3) is 0 Å². The minimum Gasteiger partial charge on any atom is -0.376 e. The van der Waals surface area contributed by atoms with Crippen LogP contribution < -0.4 is 5.32 Å². The number of nitrogens with zero attached hydrogens (tertiary/aromatic N) is 1. The lowest BCUT2D eigenvalue weighted by atomic mass is 10.3. The van der Waals surface area contributed by atoms with Gasteiger partial charge in [0, 0.05) is 23.8 Å². The molecule has 1 rings (SSSR count). The van der Waals surface area contributed by atoms with Gasteiger partial charge in [0.2, 0.25) is 5.91 Å². The maximum Gasteiger partial charge on any atom is 0.241 e. The van der Waals surface area contributed by atoms with Gasteiger partial charge in [-0.25, -0.2) is 0 Å². The quantitative estimate of drug-likeness (QED) is 0.822. The summed E-state index contributed by atoms with van der Waals surface area (Å²) in [6.45, 7) is 6.13. The van der Waals surface area contributed by atoms with E-state index >= 15 is 0 Å². The Morgan fingerprint density at radius 3 is 2.50 bits per heavy atom. The van der Waals surface area contributed by atoms with Crippen molar-refractivity contribution in [1.82, 2.24) is 4.90 Å². The van der Waals surface area contributed by atoms with Crippen LogP contribution in [0.4, 0.5) is 5.69 Å². The zero-order valence-corrected chi connectivity index (χ0v) is 11.8. The predicted molar refractivity (Wildman–Crippen MR) is 77.1 cm³/mol. The number of benzene rings is 1. The van der Waals surface area contributed by atoms with Crippen LogP contribution in [0.5, 0.6) is 0 Å². The molecule has 0 aliphatic rings. The Morgan fingerprint density at radius 1 is 1.28 bits per heavy atom. The van der Waals surface area contributed by atoms with Crippen molar-refractivity contribution in [3.63, 3.8) is 0 Å². The standard InChI is InChI=1S/C14H21ClN2O/c1-3-8-17(9-4-2)14(18)11-16-13-7-5-6-12(15)10-13/h5-7,10,16H,3-4,8-9,11H2,1-2H3. The van der Waals surface area contributed by atoms with E-state index in [1.165, 1.54) is 0 Å². The van der Waals surface area contributed by atoms with Crippen molar-refractivity contribution >= 4 is 23.2 Å². The molecule has 1 aromatic carbocycles. The first-order valence-electron chi connectivity index (χ1n) is 6.44. The van der Waals surface area contributed by atoms with Crippen LogP contribution in [-0.4, -0.2) is 30.4 Å². The van der Waals surface area contributed by atoms with Gasteiger partial charge in [-0.3, -0.25) is 4.79 Å². The third-order valence-corrected chi connectivity index (χ3v) is 2.84. The van der Waals surface area contributed by atoms with Crippen molar-refractivity contribution in [2.24, 2.45) is 0 Å². The van der Waals surface area contributed by atoms with Gasteiger partial charge >= 0.3 is 0 Å². The number of carbonyl (C=O) groups excluding carboxylic acids is 1. The molecule has 0 aromatic heterocycles. The Hall–Kier alpha value is -1.22. The molecule has 0 fully saturated rings. The first-order chi connectivity index (χ1) is 8.67. The average Bonchev–Trinajstić information content (AvgIpc) is 2.36. The largest absolute Gasteiger partial charge is 0.376 e. The second-order valence-corrected chi connectivity index (χ2v) is 4.68. The van der Waals surface area contributed by atoms with Gasteiger partial charge in [0.15, 0.2) is 0 Å². The van der Waals surface area contributed by atoms with Gasteiger partial charge in [-0.1, -0.05) is 31.5 Å². The molecule has 0 atom stereocenters. The maximum atomic E-state index is 12.0. The van der Waals surface area contributed by atoms with E-state index in [0.29, 0.717) is 11.6 Å². The van der Waals surface area contributed by atoms with Gasteiger partial charge in [0.1, 0.15) is 0 Å². The van der Waals surface area contributed by atoms with E-state index in [1.54, 1.807) is 0 Å². The summed E-state index contributed by atoms with van der Waals surface area (Å²) in [5.41, 5.74) is 0.879. The van der Waals surface area contributed by atoms with Crippen LogP contribution in [0, 0.1) is 0 Å². The molecule has 0 aliphatic heterocycles. The third-order valence-electron chi connectivity index (χ3n) is 2.61. The summed E-state index contributed by atoms with van der Waals surface area (Å²) >= 11 is 5.89. The minimum absolute atomic E-state index is 0.138. The molecule has 4 heteroatoms. The smallest absolute Gasteiger partial charge is 0.241 e. The summed E-state index contributed by atoms with van der Waals surface area (Å²) in [7, 11) is 0. The summed E-state index contributed by atoms with van der Waals surface area (Å²) in [5, 5.41) is 3.78. The molecule has 100 valence electrons. The number of hydrogen-bond donors (Lipinski definition) is 1. The van der Waals surface area contributed by atoms with Crippen molar-refractivity contribution in [3.8, 4) is 0 Å². The second-order valence-electron chi connectivity index (χ2n) is 4.24. The summed E-state index contributed by atoms with van der Waals surface area (Å²) in [6.07, 6.45) is 1.98. The molecule has 0 spiro atoms. The highest BCUT2D eigenvalue weighted by Crippen LogP contribution is 2.14. The Balaban J connectivity index is 2.48. The zero-order valence-electron chi connectivity index (χ0n) is 11.1. The zero-order chi connectivity index (χ0) is 13.4. The minimum atomic E-state index is 0.138. The van der Waals surface area contributed by atoms with Crippen LogP contribution in [0.3, 0.4) is 0 Å². The summed E-state index contributed by atoms with van der Waals surface area (Å²) in [5.74, 6) is 0.138. The molecule has 0 radical (unpaired) electrons. The van der Waals surface area contributed by atoms with E-state index in [9.17, 15) is 4.79 Å². The number of hydrogen-bond acceptors (Lipinski definition) is 2. The van der Waals surface area contributed by atoms with E-state index in [-0.39, 0.29) is 5.91 Å². The van der Waals surface area contributed by atoms with Crippen LogP contribution in [0.1, 0.15) is 26.7 Å². The molecule has 1 aromatic rings. The highest BCUT2D eigenvalue weighted by atomic mass is 35.5. The van der Waals surface area contributed by atoms with Crippen molar-refractivity contribution in [2.45, 2.75) is 26.7 Å². The summed E-state index contributed by atoms with van der Waals surface area (Å²) in [6, 6.07) is 7.40. The van der Waals surface area contributed by atoms with Gasteiger partial charge in [0.25, 0.3) is 0 Å².